The van der Waals surface area contributed by atoms with E-state index in [1.165, 1.54) is 0 Å². The van der Waals surface area contributed by atoms with Gasteiger partial charge in [0.15, 0.2) is 5.82 Å². The SMILES string of the molecule is CC(C)c1ccc(N2CCCC(OCc3ccccn3)C2)nn1. The fourth-order valence-corrected chi connectivity index (χ4v) is 2.78. The summed E-state index contributed by atoms with van der Waals surface area (Å²) < 4.78 is 6.03. The zero-order chi connectivity index (χ0) is 16.1. The van der Waals surface area contributed by atoms with Crippen molar-refractivity contribution in [3.05, 3.63) is 47.9 Å². The first kappa shape index (κ1) is 15.9. The molecule has 1 saturated heterocycles. The van der Waals surface area contributed by atoms with E-state index in [0.29, 0.717) is 12.5 Å². The first-order chi connectivity index (χ1) is 11.2. The third-order valence-electron chi connectivity index (χ3n) is 4.16. The number of hydrogen-bond donors (Lipinski definition) is 0. The summed E-state index contributed by atoms with van der Waals surface area (Å²) in [7, 11) is 0. The summed E-state index contributed by atoms with van der Waals surface area (Å²) in [4.78, 5) is 6.57. The monoisotopic (exact) mass is 312 g/mol. The molecule has 0 aliphatic carbocycles. The van der Waals surface area contributed by atoms with E-state index < -0.39 is 0 Å². The van der Waals surface area contributed by atoms with E-state index in [2.05, 4.69) is 46.1 Å². The van der Waals surface area contributed by atoms with Crippen LogP contribution in [0.4, 0.5) is 5.82 Å². The Hall–Kier alpha value is -2.01. The molecule has 1 aliphatic heterocycles. The maximum absolute atomic E-state index is 6.03. The molecule has 0 radical (unpaired) electrons. The van der Waals surface area contributed by atoms with Crippen molar-refractivity contribution in [3.8, 4) is 0 Å². The lowest BCUT2D eigenvalue weighted by molar-refractivity contribution is 0.0297. The average Bonchev–Trinajstić information content (AvgIpc) is 2.61. The number of piperidine rings is 1. The molecule has 122 valence electrons. The van der Waals surface area contributed by atoms with Gasteiger partial charge in [0.05, 0.1) is 24.1 Å². The van der Waals surface area contributed by atoms with Gasteiger partial charge in [0.2, 0.25) is 0 Å². The van der Waals surface area contributed by atoms with Gasteiger partial charge in [-0.05, 0) is 43.0 Å². The Bertz CT molecular complexity index is 600. The van der Waals surface area contributed by atoms with Crippen molar-refractivity contribution in [2.24, 2.45) is 0 Å². The van der Waals surface area contributed by atoms with Crippen molar-refractivity contribution in [1.82, 2.24) is 15.2 Å². The maximum atomic E-state index is 6.03. The van der Waals surface area contributed by atoms with E-state index >= 15 is 0 Å². The lowest BCUT2D eigenvalue weighted by Crippen LogP contribution is -2.40. The highest BCUT2D eigenvalue weighted by Gasteiger charge is 2.22. The summed E-state index contributed by atoms with van der Waals surface area (Å²) >= 11 is 0. The third kappa shape index (κ3) is 4.26. The Morgan fingerprint density at radius 3 is 2.83 bits per heavy atom. The number of pyridine rings is 1. The molecule has 2 aromatic rings. The zero-order valence-corrected chi connectivity index (χ0v) is 13.9. The van der Waals surface area contributed by atoms with E-state index in [9.17, 15) is 0 Å². The van der Waals surface area contributed by atoms with Gasteiger partial charge in [-0.3, -0.25) is 4.98 Å². The van der Waals surface area contributed by atoms with Gasteiger partial charge in [-0.15, -0.1) is 5.10 Å². The Labute approximate surface area is 137 Å². The normalized spacial score (nSPS) is 18.4. The summed E-state index contributed by atoms with van der Waals surface area (Å²) in [6.45, 7) is 6.71. The average molecular weight is 312 g/mol. The first-order valence-electron chi connectivity index (χ1n) is 8.32. The molecule has 0 bridgehead atoms. The van der Waals surface area contributed by atoms with Gasteiger partial charge >= 0.3 is 0 Å². The predicted molar refractivity (Wildman–Crippen MR) is 90.4 cm³/mol. The second-order valence-corrected chi connectivity index (χ2v) is 6.31. The second kappa shape index (κ2) is 7.51. The van der Waals surface area contributed by atoms with Gasteiger partial charge in [0, 0.05) is 19.3 Å². The van der Waals surface area contributed by atoms with Gasteiger partial charge in [-0.25, -0.2) is 0 Å². The molecule has 0 aromatic carbocycles. The number of ether oxygens (including phenoxy) is 1. The Balaban J connectivity index is 1.57. The van der Waals surface area contributed by atoms with E-state index in [4.69, 9.17) is 4.74 Å². The molecule has 0 saturated carbocycles. The minimum atomic E-state index is 0.220. The van der Waals surface area contributed by atoms with Gasteiger partial charge in [-0.2, -0.15) is 5.10 Å². The summed E-state index contributed by atoms with van der Waals surface area (Å²) in [6, 6.07) is 10.1. The molecular formula is C18H24N4O. The Morgan fingerprint density at radius 2 is 2.13 bits per heavy atom. The van der Waals surface area contributed by atoms with Crippen molar-refractivity contribution in [1.29, 1.82) is 0 Å². The van der Waals surface area contributed by atoms with Crippen LogP contribution in [0, 0.1) is 0 Å². The molecule has 2 aromatic heterocycles. The maximum Gasteiger partial charge on any atom is 0.151 e. The highest BCUT2D eigenvalue weighted by atomic mass is 16.5. The molecular weight excluding hydrogens is 288 g/mol. The highest BCUT2D eigenvalue weighted by molar-refractivity contribution is 5.38. The van der Waals surface area contributed by atoms with Gasteiger partial charge in [0.1, 0.15) is 0 Å². The summed E-state index contributed by atoms with van der Waals surface area (Å²) in [5, 5.41) is 8.71. The van der Waals surface area contributed by atoms with Crippen LogP contribution in [-0.2, 0) is 11.3 Å². The van der Waals surface area contributed by atoms with Crippen LogP contribution in [0.3, 0.4) is 0 Å². The zero-order valence-electron chi connectivity index (χ0n) is 13.9. The van der Waals surface area contributed by atoms with E-state index in [1.54, 1.807) is 6.20 Å². The molecule has 0 spiro atoms. The Kier molecular flexibility index (Phi) is 5.18. The quantitative estimate of drug-likeness (QED) is 0.848. The van der Waals surface area contributed by atoms with Crippen LogP contribution in [0.25, 0.3) is 0 Å². The van der Waals surface area contributed by atoms with Crippen LogP contribution < -0.4 is 4.90 Å². The summed E-state index contributed by atoms with van der Waals surface area (Å²) in [5.41, 5.74) is 2.01. The number of nitrogens with zero attached hydrogens (tertiary/aromatic N) is 4. The van der Waals surface area contributed by atoms with Crippen molar-refractivity contribution in [2.45, 2.75) is 45.3 Å². The van der Waals surface area contributed by atoms with Gasteiger partial charge < -0.3 is 9.64 Å². The fraction of sp³-hybridized carbons (Fsp3) is 0.500. The minimum Gasteiger partial charge on any atom is -0.370 e. The number of rotatable bonds is 5. The number of aromatic nitrogens is 3. The van der Waals surface area contributed by atoms with Crippen molar-refractivity contribution in [3.63, 3.8) is 0 Å². The summed E-state index contributed by atoms with van der Waals surface area (Å²) in [5.74, 6) is 1.35. The fourth-order valence-electron chi connectivity index (χ4n) is 2.78. The summed E-state index contributed by atoms with van der Waals surface area (Å²) in [6.07, 6.45) is 4.22. The smallest absolute Gasteiger partial charge is 0.151 e. The van der Waals surface area contributed by atoms with Crippen molar-refractivity contribution in [2.75, 3.05) is 18.0 Å². The molecule has 0 amide bonds. The largest absolute Gasteiger partial charge is 0.370 e. The van der Waals surface area contributed by atoms with Gasteiger partial charge in [0.25, 0.3) is 0 Å². The molecule has 3 heterocycles. The van der Waals surface area contributed by atoms with E-state index in [-0.39, 0.29) is 6.10 Å². The van der Waals surface area contributed by atoms with Gasteiger partial charge in [-0.1, -0.05) is 19.9 Å². The number of anilines is 1. The molecule has 1 fully saturated rings. The van der Waals surface area contributed by atoms with Crippen LogP contribution in [0.5, 0.6) is 0 Å². The molecule has 0 N–H and O–H groups in total. The predicted octanol–water partition coefficient (Wildman–Crippen LogP) is 3.18. The molecule has 1 unspecified atom stereocenters. The van der Waals surface area contributed by atoms with E-state index in [1.807, 2.05) is 18.2 Å². The molecule has 1 aliphatic rings. The molecule has 5 heteroatoms. The lowest BCUT2D eigenvalue weighted by atomic mass is 10.1. The second-order valence-electron chi connectivity index (χ2n) is 6.31. The third-order valence-corrected chi connectivity index (χ3v) is 4.16. The van der Waals surface area contributed by atoms with Crippen LogP contribution in [0.15, 0.2) is 36.5 Å². The molecule has 23 heavy (non-hydrogen) atoms. The van der Waals surface area contributed by atoms with Crippen LogP contribution in [0.2, 0.25) is 0 Å². The molecule has 5 nitrogen and oxygen atoms in total. The van der Waals surface area contributed by atoms with Crippen LogP contribution in [0.1, 0.15) is 44.0 Å². The lowest BCUT2D eigenvalue weighted by Gasteiger charge is -2.33. The minimum absolute atomic E-state index is 0.220. The highest BCUT2D eigenvalue weighted by Crippen LogP contribution is 2.21. The standard InChI is InChI=1S/C18H24N4O/c1-14(2)17-8-9-18(21-20-17)22-11-5-7-16(12-22)23-13-15-6-3-4-10-19-15/h3-4,6,8-10,14,16H,5,7,11-13H2,1-2H3. The Morgan fingerprint density at radius 1 is 1.22 bits per heavy atom. The van der Waals surface area contributed by atoms with Crippen molar-refractivity contribution >= 4 is 5.82 Å². The van der Waals surface area contributed by atoms with Crippen molar-refractivity contribution < 1.29 is 4.74 Å². The van der Waals surface area contributed by atoms with Crippen LogP contribution in [-0.4, -0.2) is 34.4 Å². The number of hydrogen-bond acceptors (Lipinski definition) is 5. The first-order valence-corrected chi connectivity index (χ1v) is 8.32. The van der Waals surface area contributed by atoms with Crippen LogP contribution >= 0.6 is 0 Å². The van der Waals surface area contributed by atoms with E-state index in [0.717, 1.165) is 43.1 Å². The topological polar surface area (TPSA) is 51.1 Å². The molecule has 1 atom stereocenters. The molecule has 3 rings (SSSR count).